The smallest absolute Gasteiger partial charge is 0.118 e. The summed E-state index contributed by atoms with van der Waals surface area (Å²) < 4.78 is 5.10. The van der Waals surface area contributed by atoms with E-state index in [9.17, 15) is 0 Å². The van der Waals surface area contributed by atoms with Gasteiger partial charge in [0.1, 0.15) is 5.75 Å². The van der Waals surface area contributed by atoms with Gasteiger partial charge in [-0.3, -0.25) is 0 Å². The van der Waals surface area contributed by atoms with Crippen molar-refractivity contribution in [1.82, 2.24) is 0 Å². The van der Waals surface area contributed by atoms with Crippen molar-refractivity contribution in [1.29, 1.82) is 0 Å². The van der Waals surface area contributed by atoms with Crippen LogP contribution < -0.4 is 4.74 Å². The van der Waals surface area contributed by atoms with Crippen LogP contribution in [0.4, 0.5) is 0 Å². The zero-order valence-corrected chi connectivity index (χ0v) is 33.2. The predicted octanol–water partition coefficient (Wildman–Crippen LogP) is 12.8. The summed E-state index contributed by atoms with van der Waals surface area (Å²) in [5.41, 5.74) is 12.9. The van der Waals surface area contributed by atoms with E-state index in [0.717, 1.165) is 51.0 Å². The Bertz CT molecular complexity index is 2200. The van der Waals surface area contributed by atoms with Crippen molar-refractivity contribution in [3.63, 3.8) is 0 Å². The molecule has 1 nitrogen and oxygen atoms in total. The summed E-state index contributed by atoms with van der Waals surface area (Å²) in [7, 11) is 1.66. The summed E-state index contributed by atoms with van der Waals surface area (Å²) in [6.07, 6.45) is 5.43. The first-order valence-corrected chi connectivity index (χ1v) is 19.3. The van der Waals surface area contributed by atoms with Crippen LogP contribution in [0.1, 0.15) is 99.7 Å². The second kappa shape index (κ2) is 20.9. The molecule has 1 saturated carbocycles. The van der Waals surface area contributed by atoms with E-state index in [1.807, 2.05) is 36.4 Å². The van der Waals surface area contributed by atoms with E-state index in [1.165, 1.54) is 53.5 Å². The van der Waals surface area contributed by atoms with Crippen LogP contribution in [0.15, 0.2) is 146 Å². The van der Waals surface area contributed by atoms with Gasteiger partial charge in [-0.15, -0.1) is 0 Å². The Morgan fingerprint density at radius 2 is 0.618 bits per heavy atom. The number of methoxy groups -OCH3 is 1. The van der Waals surface area contributed by atoms with Crippen LogP contribution in [0.2, 0.25) is 0 Å². The van der Waals surface area contributed by atoms with Crippen LogP contribution in [0.25, 0.3) is 0 Å². The molecule has 0 saturated heterocycles. The van der Waals surface area contributed by atoms with E-state index in [1.54, 1.807) is 7.11 Å². The molecule has 6 aromatic rings. The van der Waals surface area contributed by atoms with Crippen molar-refractivity contribution in [2.75, 3.05) is 7.11 Å². The van der Waals surface area contributed by atoms with Gasteiger partial charge in [-0.2, -0.15) is 0 Å². The maximum absolute atomic E-state index is 5.10. The van der Waals surface area contributed by atoms with Crippen molar-refractivity contribution in [3.8, 4) is 41.3 Å². The van der Waals surface area contributed by atoms with Gasteiger partial charge in [-0.25, -0.2) is 0 Å². The summed E-state index contributed by atoms with van der Waals surface area (Å²) in [6.45, 7) is 10.7. The van der Waals surface area contributed by atoms with Crippen molar-refractivity contribution in [3.05, 3.63) is 207 Å². The number of benzene rings is 6. The lowest BCUT2D eigenvalue weighted by molar-refractivity contribution is 0.348. The minimum Gasteiger partial charge on any atom is -0.497 e. The molecule has 0 unspecified atom stereocenters. The predicted molar refractivity (Wildman–Crippen MR) is 232 cm³/mol. The molecule has 1 aliphatic rings. The average molecular weight is 717 g/mol. The van der Waals surface area contributed by atoms with Gasteiger partial charge in [0, 0.05) is 33.4 Å². The Morgan fingerprint density at radius 1 is 0.364 bits per heavy atom. The Kier molecular flexibility index (Phi) is 15.2. The summed E-state index contributed by atoms with van der Waals surface area (Å²) in [5, 5.41) is 0. The topological polar surface area (TPSA) is 9.23 Å². The van der Waals surface area contributed by atoms with Crippen LogP contribution in [0, 0.1) is 69.1 Å². The normalized spacial score (nSPS) is 14.0. The second-order valence-electron chi connectivity index (χ2n) is 14.5. The molecule has 7 rings (SSSR count). The van der Waals surface area contributed by atoms with Gasteiger partial charge >= 0.3 is 0 Å². The molecule has 1 aliphatic carbocycles. The third kappa shape index (κ3) is 13.9. The SMILES string of the molecule is COc1ccc(C#Cc2ccc(C)cc2)cc1.Cc1ccc(C#Cc2ccc(C)cc2)cc1.Cc1ccc(C#Cc2ccc(C3CCC(C)CC3)cc2)cc1. The fraction of sp³-hybridized carbons (Fsp3) is 0.222. The molecule has 1 fully saturated rings. The van der Waals surface area contributed by atoms with E-state index < -0.39 is 0 Å². The van der Waals surface area contributed by atoms with Gasteiger partial charge in [0.2, 0.25) is 0 Å². The van der Waals surface area contributed by atoms with E-state index in [4.69, 9.17) is 4.74 Å². The molecular weight excluding hydrogens is 665 g/mol. The third-order valence-corrected chi connectivity index (χ3v) is 9.75. The third-order valence-electron chi connectivity index (χ3n) is 9.75. The molecule has 0 N–H and O–H groups in total. The Morgan fingerprint density at radius 3 is 0.891 bits per heavy atom. The largest absolute Gasteiger partial charge is 0.497 e. The summed E-state index contributed by atoms with van der Waals surface area (Å²) in [5.74, 6) is 21.6. The number of aryl methyl sites for hydroxylation is 4. The first-order valence-electron chi connectivity index (χ1n) is 19.3. The molecule has 274 valence electrons. The highest BCUT2D eigenvalue weighted by Crippen LogP contribution is 2.35. The monoisotopic (exact) mass is 716 g/mol. The second-order valence-corrected chi connectivity index (χ2v) is 14.5. The fourth-order valence-electron chi connectivity index (χ4n) is 6.09. The van der Waals surface area contributed by atoms with Gasteiger partial charge in [-0.1, -0.05) is 138 Å². The highest BCUT2D eigenvalue weighted by Gasteiger charge is 2.19. The quantitative estimate of drug-likeness (QED) is 0.162. The molecule has 0 heterocycles. The van der Waals surface area contributed by atoms with Gasteiger partial charge < -0.3 is 4.74 Å². The molecule has 0 aliphatic heterocycles. The standard InChI is InChI=1S/C22H24.C16H14O.C16H14/c1-17-3-7-19(8-4-17)9-10-20-11-15-22(16-12-20)21-13-5-18(2)6-14-21;1-13-3-5-14(6-4-13)7-8-15-9-11-16(17-2)12-10-15;1-13-3-7-15(8-4-13)11-12-16-9-5-14(2)6-10-16/h3-4,7-8,11-12,15-16,18,21H,5-6,13-14H2,1-2H3;3-6,9-12H,1-2H3;3-10H,1-2H3. The lowest BCUT2D eigenvalue weighted by Gasteiger charge is -2.26. The van der Waals surface area contributed by atoms with Crippen LogP contribution >= 0.6 is 0 Å². The molecule has 6 aromatic carbocycles. The average Bonchev–Trinajstić information content (AvgIpc) is 3.22. The van der Waals surface area contributed by atoms with Gasteiger partial charge in [0.05, 0.1) is 7.11 Å². The first kappa shape index (κ1) is 40.0. The number of hydrogen-bond donors (Lipinski definition) is 0. The first-order chi connectivity index (χ1) is 26.7. The van der Waals surface area contributed by atoms with E-state index in [2.05, 4.69) is 179 Å². The number of hydrogen-bond acceptors (Lipinski definition) is 1. The molecule has 55 heavy (non-hydrogen) atoms. The summed E-state index contributed by atoms with van der Waals surface area (Å²) in [6, 6.07) is 49.8. The Hall–Kier alpha value is -6.20. The fourth-order valence-corrected chi connectivity index (χ4v) is 6.09. The highest BCUT2D eigenvalue weighted by atomic mass is 16.5. The molecule has 0 amide bonds. The molecule has 0 spiro atoms. The van der Waals surface area contributed by atoms with Crippen molar-refractivity contribution < 1.29 is 4.74 Å². The zero-order chi connectivity index (χ0) is 38.8. The Labute approximate surface area is 330 Å². The minimum atomic E-state index is 0.760. The number of ether oxygens (including phenoxy) is 1. The maximum atomic E-state index is 5.10. The van der Waals surface area contributed by atoms with Crippen molar-refractivity contribution in [2.24, 2.45) is 5.92 Å². The Balaban J connectivity index is 0.000000161. The summed E-state index contributed by atoms with van der Waals surface area (Å²) in [4.78, 5) is 0. The van der Waals surface area contributed by atoms with E-state index >= 15 is 0 Å². The molecule has 0 radical (unpaired) electrons. The highest BCUT2D eigenvalue weighted by molar-refractivity contribution is 5.46. The lowest BCUT2D eigenvalue weighted by Crippen LogP contribution is -2.10. The molecule has 0 bridgehead atoms. The van der Waals surface area contributed by atoms with Crippen LogP contribution in [0.3, 0.4) is 0 Å². The van der Waals surface area contributed by atoms with E-state index in [-0.39, 0.29) is 0 Å². The van der Waals surface area contributed by atoms with Crippen LogP contribution in [0.5, 0.6) is 5.75 Å². The van der Waals surface area contributed by atoms with Crippen LogP contribution in [-0.4, -0.2) is 7.11 Å². The van der Waals surface area contributed by atoms with Crippen LogP contribution in [-0.2, 0) is 0 Å². The van der Waals surface area contributed by atoms with Gasteiger partial charge in [-0.05, 0) is 143 Å². The number of rotatable bonds is 2. The zero-order valence-electron chi connectivity index (χ0n) is 33.2. The molecule has 0 atom stereocenters. The van der Waals surface area contributed by atoms with Crippen molar-refractivity contribution >= 4 is 0 Å². The van der Waals surface area contributed by atoms with E-state index in [0.29, 0.717) is 0 Å². The maximum Gasteiger partial charge on any atom is 0.118 e. The van der Waals surface area contributed by atoms with Crippen molar-refractivity contribution in [2.45, 2.75) is 66.2 Å². The van der Waals surface area contributed by atoms with Gasteiger partial charge in [0.15, 0.2) is 0 Å². The molecular formula is C54H52O. The minimum absolute atomic E-state index is 0.760. The van der Waals surface area contributed by atoms with Gasteiger partial charge in [0.25, 0.3) is 0 Å². The molecule has 0 aromatic heterocycles. The summed E-state index contributed by atoms with van der Waals surface area (Å²) >= 11 is 0. The lowest BCUT2D eigenvalue weighted by atomic mass is 9.79. The molecule has 1 heteroatoms.